The Morgan fingerprint density at radius 3 is 2.43 bits per heavy atom. The molecule has 0 saturated carbocycles. The summed E-state index contributed by atoms with van der Waals surface area (Å²) < 4.78 is 0. The predicted octanol–water partition coefficient (Wildman–Crippen LogP) is 2.69. The normalized spacial score (nSPS) is 16.3. The fraction of sp³-hybridized carbons (Fsp3) is 0.579. The minimum Gasteiger partial charge on any atom is -0.353 e. The monoisotopic (exact) mass is 316 g/mol. The maximum Gasteiger partial charge on any atom is 0.227 e. The lowest BCUT2D eigenvalue weighted by Crippen LogP contribution is -2.49. The van der Waals surface area contributed by atoms with Crippen molar-refractivity contribution in [1.82, 2.24) is 10.2 Å². The summed E-state index contributed by atoms with van der Waals surface area (Å²) in [6, 6.07) is 8.22. The number of hydrogen-bond acceptors (Lipinski definition) is 2. The first-order valence-electron chi connectivity index (χ1n) is 8.40. The van der Waals surface area contributed by atoms with Gasteiger partial charge in [0.1, 0.15) is 0 Å². The summed E-state index contributed by atoms with van der Waals surface area (Å²) >= 11 is 0. The van der Waals surface area contributed by atoms with Gasteiger partial charge in [-0.1, -0.05) is 50.6 Å². The number of hydrogen-bond donors (Lipinski definition) is 1. The minimum absolute atomic E-state index is 0.0659. The number of benzene rings is 1. The van der Waals surface area contributed by atoms with E-state index in [0.717, 1.165) is 31.5 Å². The smallest absolute Gasteiger partial charge is 0.227 e. The van der Waals surface area contributed by atoms with Gasteiger partial charge in [-0.05, 0) is 25.3 Å². The van der Waals surface area contributed by atoms with E-state index in [-0.39, 0.29) is 23.3 Å². The molecule has 1 aliphatic rings. The van der Waals surface area contributed by atoms with Crippen molar-refractivity contribution < 1.29 is 9.59 Å². The summed E-state index contributed by atoms with van der Waals surface area (Å²) in [6.07, 6.45) is 2.09. The molecule has 1 fully saturated rings. The third-order valence-electron chi connectivity index (χ3n) is 4.24. The van der Waals surface area contributed by atoms with Crippen LogP contribution in [0, 0.1) is 12.3 Å². The van der Waals surface area contributed by atoms with Crippen LogP contribution in [-0.4, -0.2) is 35.8 Å². The lowest BCUT2D eigenvalue weighted by molar-refractivity contribution is -0.140. The van der Waals surface area contributed by atoms with Crippen LogP contribution < -0.4 is 5.32 Å². The molecular formula is C19H28N2O2. The van der Waals surface area contributed by atoms with Gasteiger partial charge in [-0.3, -0.25) is 9.59 Å². The molecule has 1 N–H and O–H groups in total. The minimum atomic E-state index is -0.332. The molecule has 2 rings (SSSR count). The van der Waals surface area contributed by atoms with Crippen LogP contribution in [0.4, 0.5) is 0 Å². The fourth-order valence-electron chi connectivity index (χ4n) is 2.99. The third kappa shape index (κ3) is 5.08. The van der Waals surface area contributed by atoms with Crippen molar-refractivity contribution in [3.63, 3.8) is 0 Å². The number of carbonyl (C=O) groups is 2. The second-order valence-electron chi connectivity index (χ2n) is 7.55. The molecule has 0 aromatic heterocycles. The maximum atomic E-state index is 12.3. The van der Waals surface area contributed by atoms with E-state index in [9.17, 15) is 9.59 Å². The molecule has 1 aromatic carbocycles. The second kappa shape index (κ2) is 7.16. The van der Waals surface area contributed by atoms with Crippen LogP contribution in [0.15, 0.2) is 24.3 Å². The number of carbonyl (C=O) groups excluding carboxylic acids is 2. The maximum absolute atomic E-state index is 12.3. The molecule has 0 radical (unpaired) electrons. The van der Waals surface area contributed by atoms with Crippen molar-refractivity contribution in [2.24, 2.45) is 5.41 Å². The molecule has 1 aromatic rings. The third-order valence-corrected chi connectivity index (χ3v) is 4.24. The van der Waals surface area contributed by atoms with Gasteiger partial charge in [0.2, 0.25) is 11.8 Å². The molecule has 23 heavy (non-hydrogen) atoms. The van der Waals surface area contributed by atoms with Crippen LogP contribution in [0.1, 0.15) is 44.7 Å². The summed E-state index contributed by atoms with van der Waals surface area (Å²) in [7, 11) is 0. The van der Waals surface area contributed by atoms with Crippen LogP contribution in [0.25, 0.3) is 0 Å². The summed E-state index contributed by atoms with van der Waals surface area (Å²) in [5, 5.41) is 3.11. The van der Waals surface area contributed by atoms with E-state index in [0.29, 0.717) is 6.42 Å². The van der Waals surface area contributed by atoms with Crippen molar-refractivity contribution in [1.29, 1.82) is 0 Å². The fourth-order valence-corrected chi connectivity index (χ4v) is 2.99. The van der Waals surface area contributed by atoms with E-state index in [4.69, 9.17) is 0 Å². The molecule has 0 aliphatic carbocycles. The van der Waals surface area contributed by atoms with Crippen molar-refractivity contribution in [2.75, 3.05) is 13.1 Å². The Balaban J connectivity index is 1.80. The molecule has 0 bridgehead atoms. The highest BCUT2D eigenvalue weighted by Crippen LogP contribution is 2.21. The highest BCUT2D eigenvalue weighted by Gasteiger charge is 2.30. The number of nitrogens with one attached hydrogen (secondary N) is 1. The lowest BCUT2D eigenvalue weighted by Gasteiger charge is -2.36. The predicted molar refractivity (Wildman–Crippen MR) is 92.1 cm³/mol. The summed E-state index contributed by atoms with van der Waals surface area (Å²) in [6.45, 7) is 9.33. The van der Waals surface area contributed by atoms with Crippen molar-refractivity contribution in [2.45, 2.75) is 53.0 Å². The first kappa shape index (κ1) is 17.5. The van der Waals surface area contributed by atoms with Crippen LogP contribution >= 0.6 is 0 Å². The summed E-state index contributed by atoms with van der Waals surface area (Å²) in [5.41, 5.74) is 1.88. The zero-order valence-corrected chi connectivity index (χ0v) is 14.7. The molecule has 1 heterocycles. The number of rotatable bonds is 3. The topological polar surface area (TPSA) is 49.4 Å². The van der Waals surface area contributed by atoms with Crippen LogP contribution in [0.2, 0.25) is 0 Å². The Morgan fingerprint density at radius 1 is 1.22 bits per heavy atom. The molecule has 4 heteroatoms. The van der Waals surface area contributed by atoms with E-state index in [1.807, 2.05) is 56.9 Å². The molecule has 1 saturated heterocycles. The number of nitrogens with zero attached hydrogens (tertiary/aromatic N) is 1. The van der Waals surface area contributed by atoms with Gasteiger partial charge >= 0.3 is 0 Å². The van der Waals surface area contributed by atoms with Gasteiger partial charge in [-0.25, -0.2) is 0 Å². The largest absolute Gasteiger partial charge is 0.353 e. The molecule has 0 unspecified atom stereocenters. The van der Waals surface area contributed by atoms with Crippen LogP contribution in [0.5, 0.6) is 0 Å². The van der Waals surface area contributed by atoms with Gasteiger partial charge in [-0.15, -0.1) is 0 Å². The van der Waals surface area contributed by atoms with Crippen molar-refractivity contribution >= 4 is 11.8 Å². The van der Waals surface area contributed by atoms with Gasteiger partial charge in [0.15, 0.2) is 0 Å². The summed E-state index contributed by atoms with van der Waals surface area (Å²) in [5.74, 6) is 0.262. The molecule has 126 valence electrons. The highest BCUT2D eigenvalue weighted by atomic mass is 16.2. The number of likely N-dealkylation sites (tertiary alicyclic amines) is 1. The second-order valence-corrected chi connectivity index (χ2v) is 7.55. The van der Waals surface area contributed by atoms with E-state index < -0.39 is 0 Å². The van der Waals surface area contributed by atoms with E-state index >= 15 is 0 Å². The lowest BCUT2D eigenvalue weighted by atomic mass is 9.93. The van der Waals surface area contributed by atoms with Gasteiger partial charge in [0.05, 0.1) is 6.42 Å². The zero-order chi connectivity index (χ0) is 17.0. The van der Waals surface area contributed by atoms with Gasteiger partial charge < -0.3 is 10.2 Å². The van der Waals surface area contributed by atoms with Crippen LogP contribution in [0.3, 0.4) is 0 Å². The van der Waals surface area contributed by atoms with Gasteiger partial charge in [-0.2, -0.15) is 0 Å². The zero-order valence-electron chi connectivity index (χ0n) is 14.7. The Hall–Kier alpha value is -1.84. The first-order chi connectivity index (χ1) is 10.8. The molecule has 2 amide bonds. The molecule has 1 aliphatic heterocycles. The first-order valence-corrected chi connectivity index (χ1v) is 8.40. The van der Waals surface area contributed by atoms with Gasteiger partial charge in [0, 0.05) is 24.5 Å². The Kier molecular flexibility index (Phi) is 5.45. The number of aryl methyl sites for hydroxylation is 1. The SMILES string of the molecule is Cc1cccc(CC(=O)NC2CCN(C(=O)C(C)(C)C)CC2)c1. The average Bonchev–Trinajstić information content (AvgIpc) is 2.46. The molecular weight excluding hydrogens is 288 g/mol. The Labute approximate surface area is 139 Å². The number of amides is 2. The average molecular weight is 316 g/mol. The van der Waals surface area contributed by atoms with Crippen molar-refractivity contribution in [3.8, 4) is 0 Å². The summed E-state index contributed by atoms with van der Waals surface area (Å²) in [4.78, 5) is 26.4. The molecule has 4 nitrogen and oxygen atoms in total. The quantitative estimate of drug-likeness (QED) is 0.932. The number of piperidine rings is 1. The Morgan fingerprint density at radius 2 is 1.87 bits per heavy atom. The molecule has 0 atom stereocenters. The van der Waals surface area contributed by atoms with E-state index in [1.54, 1.807) is 0 Å². The highest BCUT2D eigenvalue weighted by molar-refractivity contribution is 5.82. The van der Waals surface area contributed by atoms with Crippen LogP contribution in [-0.2, 0) is 16.0 Å². The van der Waals surface area contributed by atoms with Gasteiger partial charge in [0.25, 0.3) is 0 Å². The standard InChI is InChI=1S/C19H28N2O2/c1-14-6-5-7-15(12-14)13-17(22)20-16-8-10-21(11-9-16)18(23)19(2,3)4/h5-7,12,16H,8-11,13H2,1-4H3,(H,20,22). The molecule has 0 spiro atoms. The van der Waals surface area contributed by atoms with E-state index in [2.05, 4.69) is 5.32 Å². The van der Waals surface area contributed by atoms with E-state index in [1.165, 1.54) is 5.56 Å². The Bertz CT molecular complexity index is 567. The van der Waals surface area contributed by atoms with Crippen molar-refractivity contribution in [3.05, 3.63) is 35.4 Å².